The van der Waals surface area contributed by atoms with Gasteiger partial charge in [0, 0.05) is 19.1 Å². The summed E-state index contributed by atoms with van der Waals surface area (Å²) in [6.45, 7) is 4.15. The smallest absolute Gasteiger partial charge is 0.407 e. The number of ether oxygens (including phenoxy) is 1. The van der Waals surface area contributed by atoms with Crippen LogP contribution >= 0.6 is 0 Å². The molecule has 1 heterocycles. The van der Waals surface area contributed by atoms with Gasteiger partial charge in [-0.3, -0.25) is 4.90 Å². The van der Waals surface area contributed by atoms with Gasteiger partial charge < -0.3 is 10.1 Å². The Kier molecular flexibility index (Phi) is 6.23. The lowest BCUT2D eigenvalue weighted by atomic mass is 9.89. The van der Waals surface area contributed by atoms with Crippen molar-refractivity contribution in [2.24, 2.45) is 5.92 Å². The quantitative estimate of drug-likeness (QED) is 0.847. The lowest BCUT2D eigenvalue weighted by Gasteiger charge is -2.36. The predicted octanol–water partition coefficient (Wildman–Crippen LogP) is 2.19. The number of nitrogens with one attached hydrogen (secondary N) is 1. The standard InChI is InChI=1S/C17H23N3O2/c1-2-22-17(21)19-16-11-15(12-20(13-16)9-8-18)10-14-6-4-3-5-7-14/h3-7,15-16H,2,9-13H2,1H3,(H,19,21). The summed E-state index contributed by atoms with van der Waals surface area (Å²) in [5, 5.41) is 11.9. The topological polar surface area (TPSA) is 65.4 Å². The lowest BCUT2D eigenvalue weighted by molar-refractivity contribution is 0.123. The summed E-state index contributed by atoms with van der Waals surface area (Å²) in [6, 6.07) is 12.6. The number of likely N-dealkylation sites (tertiary alicyclic amines) is 1. The second kappa shape index (κ2) is 8.40. The molecule has 2 unspecified atom stereocenters. The Morgan fingerprint density at radius 2 is 2.18 bits per heavy atom. The van der Waals surface area contributed by atoms with Crippen LogP contribution in [0, 0.1) is 17.2 Å². The first-order valence-electron chi connectivity index (χ1n) is 7.77. The summed E-state index contributed by atoms with van der Waals surface area (Å²) in [5.41, 5.74) is 1.29. The maximum atomic E-state index is 11.6. The third kappa shape index (κ3) is 5.05. The number of benzene rings is 1. The summed E-state index contributed by atoms with van der Waals surface area (Å²) in [4.78, 5) is 13.7. The van der Waals surface area contributed by atoms with Crippen molar-refractivity contribution in [2.75, 3.05) is 26.2 Å². The van der Waals surface area contributed by atoms with Crippen LogP contribution in [0.15, 0.2) is 30.3 Å². The molecule has 1 aliphatic heterocycles. The Labute approximate surface area is 131 Å². The van der Waals surface area contributed by atoms with Crippen LogP contribution in [-0.4, -0.2) is 43.3 Å². The van der Waals surface area contributed by atoms with E-state index in [4.69, 9.17) is 10.00 Å². The Hall–Kier alpha value is -2.06. The SMILES string of the molecule is CCOC(=O)NC1CC(Cc2ccccc2)CN(CC#N)C1. The fraction of sp³-hybridized carbons (Fsp3) is 0.529. The molecule has 0 saturated carbocycles. The molecule has 1 saturated heterocycles. The number of nitrogens with zero attached hydrogens (tertiary/aromatic N) is 2. The molecule has 5 heteroatoms. The zero-order chi connectivity index (χ0) is 15.8. The molecule has 0 aromatic heterocycles. The monoisotopic (exact) mass is 301 g/mol. The van der Waals surface area contributed by atoms with Crippen molar-refractivity contribution >= 4 is 6.09 Å². The Bertz CT molecular complexity index is 512. The third-order valence-corrected chi connectivity index (χ3v) is 3.87. The highest BCUT2D eigenvalue weighted by Gasteiger charge is 2.28. The number of amides is 1. The van der Waals surface area contributed by atoms with Crippen LogP contribution in [0.5, 0.6) is 0 Å². The predicted molar refractivity (Wildman–Crippen MR) is 84.3 cm³/mol. The van der Waals surface area contributed by atoms with Crippen LogP contribution in [0.25, 0.3) is 0 Å². The van der Waals surface area contributed by atoms with E-state index in [1.54, 1.807) is 6.92 Å². The number of carbonyl (C=O) groups is 1. The third-order valence-electron chi connectivity index (χ3n) is 3.87. The fourth-order valence-electron chi connectivity index (χ4n) is 3.07. The molecule has 0 bridgehead atoms. The molecule has 118 valence electrons. The second-order valence-electron chi connectivity index (χ2n) is 5.71. The molecule has 0 radical (unpaired) electrons. The van der Waals surface area contributed by atoms with Crippen molar-refractivity contribution in [3.63, 3.8) is 0 Å². The van der Waals surface area contributed by atoms with E-state index < -0.39 is 0 Å². The van der Waals surface area contributed by atoms with E-state index in [1.807, 2.05) is 18.2 Å². The van der Waals surface area contributed by atoms with Gasteiger partial charge in [-0.05, 0) is 31.2 Å². The summed E-state index contributed by atoms with van der Waals surface area (Å²) in [7, 11) is 0. The van der Waals surface area contributed by atoms with Gasteiger partial charge in [0.25, 0.3) is 0 Å². The van der Waals surface area contributed by atoms with Crippen molar-refractivity contribution in [1.82, 2.24) is 10.2 Å². The Morgan fingerprint density at radius 1 is 1.41 bits per heavy atom. The Morgan fingerprint density at radius 3 is 2.86 bits per heavy atom. The number of rotatable bonds is 5. The largest absolute Gasteiger partial charge is 0.450 e. The molecule has 1 aliphatic rings. The van der Waals surface area contributed by atoms with E-state index in [-0.39, 0.29) is 12.1 Å². The van der Waals surface area contributed by atoms with Gasteiger partial charge in [-0.15, -0.1) is 0 Å². The van der Waals surface area contributed by atoms with Crippen LogP contribution in [-0.2, 0) is 11.2 Å². The van der Waals surface area contributed by atoms with E-state index >= 15 is 0 Å². The van der Waals surface area contributed by atoms with Crippen molar-refractivity contribution in [3.05, 3.63) is 35.9 Å². The fourth-order valence-corrected chi connectivity index (χ4v) is 3.07. The number of hydrogen-bond acceptors (Lipinski definition) is 4. The van der Waals surface area contributed by atoms with Crippen LogP contribution in [0.4, 0.5) is 4.79 Å². The molecular weight excluding hydrogens is 278 g/mol. The molecule has 22 heavy (non-hydrogen) atoms. The van der Waals surface area contributed by atoms with Gasteiger partial charge in [0.1, 0.15) is 0 Å². The van der Waals surface area contributed by atoms with Gasteiger partial charge in [0.05, 0.1) is 19.2 Å². The van der Waals surface area contributed by atoms with E-state index in [0.717, 1.165) is 19.4 Å². The minimum absolute atomic E-state index is 0.0369. The minimum atomic E-state index is -0.371. The molecular formula is C17H23N3O2. The first-order valence-corrected chi connectivity index (χ1v) is 7.77. The van der Waals surface area contributed by atoms with E-state index in [2.05, 4.69) is 28.4 Å². The molecule has 1 aromatic rings. The first kappa shape index (κ1) is 16.3. The normalized spacial score (nSPS) is 21.8. The maximum Gasteiger partial charge on any atom is 0.407 e. The number of piperidine rings is 1. The van der Waals surface area contributed by atoms with Gasteiger partial charge in [0.15, 0.2) is 0 Å². The van der Waals surface area contributed by atoms with E-state index in [0.29, 0.717) is 25.6 Å². The van der Waals surface area contributed by atoms with Crippen molar-refractivity contribution < 1.29 is 9.53 Å². The van der Waals surface area contributed by atoms with Gasteiger partial charge in [0.2, 0.25) is 0 Å². The summed E-state index contributed by atoms with van der Waals surface area (Å²) in [5.74, 6) is 0.427. The second-order valence-corrected chi connectivity index (χ2v) is 5.71. The Balaban J connectivity index is 1.97. The lowest BCUT2D eigenvalue weighted by Crippen LogP contribution is -2.51. The van der Waals surface area contributed by atoms with E-state index in [9.17, 15) is 4.79 Å². The molecule has 2 rings (SSSR count). The zero-order valence-corrected chi connectivity index (χ0v) is 13.0. The molecule has 0 spiro atoms. The van der Waals surface area contributed by atoms with Crippen LogP contribution in [0.3, 0.4) is 0 Å². The molecule has 2 atom stereocenters. The molecule has 1 N–H and O–H groups in total. The number of alkyl carbamates (subject to hydrolysis) is 1. The molecule has 0 aliphatic carbocycles. The highest BCUT2D eigenvalue weighted by Crippen LogP contribution is 2.21. The minimum Gasteiger partial charge on any atom is -0.450 e. The van der Waals surface area contributed by atoms with Crippen molar-refractivity contribution in [3.8, 4) is 6.07 Å². The summed E-state index contributed by atoms with van der Waals surface area (Å²) >= 11 is 0. The number of nitriles is 1. The summed E-state index contributed by atoms with van der Waals surface area (Å²) in [6.07, 6.45) is 1.50. The van der Waals surface area contributed by atoms with Crippen LogP contribution < -0.4 is 5.32 Å². The van der Waals surface area contributed by atoms with Gasteiger partial charge in [-0.25, -0.2) is 4.79 Å². The highest BCUT2D eigenvalue weighted by atomic mass is 16.5. The van der Waals surface area contributed by atoms with Crippen molar-refractivity contribution in [2.45, 2.75) is 25.8 Å². The van der Waals surface area contributed by atoms with Crippen LogP contribution in [0.2, 0.25) is 0 Å². The zero-order valence-electron chi connectivity index (χ0n) is 13.0. The number of hydrogen-bond donors (Lipinski definition) is 1. The molecule has 5 nitrogen and oxygen atoms in total. The average molecular weight is 301 g/mol. The molecule has 1 aromatic carbocycles. The van der Waals surface area contributed by atoms with Crippen LogP contribution in [0.1, 0.15) is 18.9 Å². The van der Waals surface area contributed by atoms with Gasteiger partial charge >= 0.3 is 6.09 Å². The van der Waals surface area contributed by atoms with Crippen molar-refractivity contribution in [1.29, 1.82) is 5.26 Å². The molecule has 1 fully saturated rings. The molecule has 1 amide bonds. The average Bonchev–Trinajstić information content (AvgIpc) is 2.48. The summed E-state index contributed by atoms with van der Waals surface area (Å²) < 4.78 is 4.96. The maximum absolute atomic E-state index is 11.6. The highest BCUT2D eigenvalue weighted by molar-refractivity contribution is 5.67. The number of carbonyl (C=O) groups excluding carboxylic acids is 1. The first-order chi connectivity index (χ1) is 10.7. The van der Waals surface area contributed by atoms with Gasteiger partial charge in [-0.2, -0.15) is 5.26 Å². The van der Waals surface area contributed by atoms with Gasteiger partial charge in [-0.1, -0.05) is 30.3 Å². The van der Waals surface area contributed by atoms with E-state index in [1.165, 1.54) is 5.56 Å².